The topological polar surface area (TPSA) is 56.1 Å². The van der Waals surface area contributed by atoms with Gasteiger partial charge in [-0.05, 0) is 42.7 Å². The molecule has 3 rings (SSSR count). The number of hydrogen-bond acceptors (Lipinski definition) is 3. The van der Waals surface area contributed by atoms with Crippen LogP contribution in [0.3, 0.4) is 0 Å². The molecule has 0 aliphatic rings. The van der Waals surface area contributed by atoms with Crippen LogP contribution in [-0.2, 0) is 11.3 Å². The quantitative estimate of drug-likeness (QED) is 0.707. The highest BCUT2D eigenvalue weighted by Crippen LogP contribution is 2.20. The van der Waals surface area contributed by atoms with Crippen LogP contribution in [0.15, 0.2) is 54.7 Å². The van der Waals surface area contributed by atoms with Gasteiger partial charge in [-0.1, -0.05) is 41.9 Å². The lowest BCUT2D eigenvalue weighted by atomic mass is 10.1. The molecular weight excluding hydrogens is 350 g/mol. The van der Waals surface area contributed by atoms with Gasteiger partial charge in [0, 0.05) is 11.1 Å². The predicted molar refractivity (Wildman–Crippen MR) is 103 cm³/mol. The van der Waals surface area contributed by atoms with Gasteiger partial charge in [0.1, 0.15) is 11.6 Å². The lowest BCUT2D eigenvalue weighted by molar-refractivity contribution is -0.118. The van der Waals surface area contributed by atoms with Crippen LogP contribution in [0.4, 0.5) is 5.82 Å². The normalized spacial score (nSPS) is 10.6. The number of benzene rings is 2. The fourth-order valence-corrected chi connectivity index (χ4v) is 2.73. The largest absolute Gasteiger partial charge is 0.483 e. The molecule has 0 radical (unpaired) electrons. The summed E-state index contributed by atoms with van der Waals surface area (Å²) in [7, 11) is 0. The Morgan fingerprint density at radius 3 is 2.81 bits per heavy atom. The van der Waals surface area contributed by atoms with Crippen molar-refractivity contribution >= 4 is 23.3 Å². The van der Waals surface area contributed by atoms with Gasteiger partial charge in [0.25, 0.3) is 5.91 Å². The van der Waals surface area contributed by atoms with Gasteiger partial charge in [-0.2, -0.15) is 5.10 Å². The van der Waals surface area contributed by atoms with E-state index in [2.05, 4.69) is 10.4 Å². The summed E-state index contributed by atoms with van der Waals surface area (Å²) in [5.41, 5.74) is 3.01. The first-order valence-corrected chi connectivity index (χ1v) is 8.66. The number of halogens is 1. The minimum atomic E-state index is -0.244. The van der Waals surface area contributed by atoms with E-state index in [4.69, 9.17) is 16.3 Å². The van der Waals surface area contributed by atoms with Gasteiger partial charge in [0.2, 0.25) is 0 Å². The summed E-state index contributed by atoms with van der Waals surface area (Å²) in [6, 6.07) is 15.2. The van der Waals surface area contributed by atoms with Crippen LogP contribution in [-0.4, -0.2) is 22.3 Å². The van der Waals surface area contributed by atoms with Crippen LogP contribution < -0.4 is 10.1 Å². The molecule has 2 aromatic carbocycles. The summed E-state index contributed by atoms with van der Waals surface area (Å²) >= 11 is 6.20. The summed E-state index contributed by atoms with van der Waals surface area (Å²) < 4.78 is 7.33. The van der Waals surface area contributed by atoms with Gasteiger partial charge in [-0.25, -0.2) is 4.68 Å². The summed E-state index contributed by atoms with van der Waals surface area (Å²) in [6.45, 7) is 4.34. The van der Waals surface area contributed by atoms with E-state index >= 15 is 0 Å². The first-order chi connectivity index (χ1) is 12.5. The second-order valence-corrected chi connectivity index (χ2v) is 6.48. The third-order valence-electron chi connectivity index (χ3n) is 3.96. The van der Waals surface area contributed by atoms with Crippen molar-refractivity contribution in [3.05, 3.63) is 76.4 Å². The maximum absolute atomic E-state index is 12.2. The predicted octanol–water partition coefficient (Wildman–Crippen LogP) is 4.22. The average molecular weight is 370 g/mol. The molecule has 3 aromatic rings. The number of rotatable bonds is 6. The van der Waals surface area contributed by atoms with Crippen molar-refractivity contribution in [2.24, 2.45) is 0 Å². The van der Waals surface area contributed by atoms with Gasteiger partial charge in [0.05, 0.1) is 12.7 Å². The molecule has 0 bridgehead atoms. The van der Waals surface area contributed by atoms with Crippen molar-refractivity contribution < 1.29 is 9.53 Å². The third kappa shape index (κ3) is 4.43. The number of hydrogen-bond donors (Lipinski definition) is 1. The Morgan fingerprint density at radius 1 is 1.19 bits per heavy atom. The van der Waals surface area contributed by atoms with E-state index in [0.29, 0.717) is 23.1 Å². The van der Waals surface area contributed by atoms with Crippen LogP contribution >= 0.6 is 11.6 Å². The highest BCUT2D eigenvalue weighted by atomic mass is 35.5. The second kappa shape index (κ2) is 8.06. The van der Waals surface area contributed by atoms with Gasteiger partial charge in [0.15, 0.2) is 6.61 Å². The maximum Gasteiger partial charge on any atom is 0.263 e. The van der Waals surface area contributed by atoms with Gasteiger partial charge >= 0.3 is 0 Å². The summed E-state index contributed by atoms with van der Waals surface area (Å²) in [5.74, 6) is 1.07. The molecule has 0 aliphatic heterocycles. The fraction of sp³-hybridized carbons (Fsp3) is 0.200. The summed E-state index contributed by atoms with van der Waals surface area (Å²) in [6.07, 6.45) is 1.64. The van der Waals surface area contributed by atoms with E-state index in [-0.39, 0.29) is 12.5 Å². The lowest BCUT2D eigenvalue weighted by Gasteiger charge is -2.12. The highest BCUT2D eigenvalue weighted by Gasteiger charge is 2.10. The summed E-state index contributed by atoms with van der Waals surface area (Å²) in [4.78, 5) is 12.2. The first kappa shape index (κ1) is 18.0. The van der Waals surface area contributed by atoms with Crippen LogP contribution in [0.5, 0.6) is 5.75 Å². The molecule has 0 saturated carbocycles. The molecular formula is C20H20ClN3O2. The van der Waals surface area contributed by atoms with Crippen LogP contribution in [0.25, 0.3) is 0 Å². The van der Waals surface area contributed by atoms with Gasteiger partial charge in [-0.15, -0.1) is 0 Å². The summed E-state index contributed by atoms with van der Waals surface area (Å²) in [5, 5.41) is 7.75. The van der Waals surface area contributed by atoms with Crippen molar-refractivity contribution in [2.75, 3.05) is 11.9 Å². The third-order valence-corrected chi connectivity index (χ3v) is 4.33. The minimum Gasteiger partial charge on any atom is -0.483 e. The van der Waals surface area contributed by atoms with E-state index in [1.54, 1.807) is 16.9 Å². The maximum atomic E-state index is 12.2. The molecule has 0 fully saturated rings. The molecule has 0 atom stereocenters. The highest BCUT2D eigenvalue weighted by molar-refractivity contribution is 6.31. The Kier molecular flexibility index (Phi) is 5.58. The molecule has 134 valence electrons. The molecule has 6 heteroatoms. The molecule has 1 aromatic heterocycles. The number of aromatic nitrogens is 2. The molecule has 1 heterocycles. The number of aryl methyl sites for hydroxylation is 2. The van der Waals surface area contributed by atoms with Crippen LogP contribution in [0.1, 0.15) is 16.7 Å². The monoisotopic (exact) mass is 369 g/mol. The van der Waals surface area contributed by atoms with E-state index in [0.717, 1.165) is 16.7 Å². The standard InChI is InChI=1S/C20H20ClN3O2/c1-14-7-8-15(2)18(11-14)26-13-20(25)23-19-9-10-22-24(19)12-16-5-3-4-6-17(16)21/h3-11H,12-13H2,1-2H3,(H,23,25). The Morgan fingerprint density at radius 2 is 2.00 bits per heavy atom. The molecule has 0 spiro atoms. The molecule has 0 unspecified atom stereocenters. The Bertz CT molecular complexity index is 921. The number of carbonyl (C=O) groups excluding carboxylic acids is 1. The second-order valence-electron chi connectivity index (χ2n) is 6.07. The van der Waals surface area contributed by atoms with E-state index < -0.39 is 0 Å². The van der Waals surface area contributed by atoms with E-state index in [1.807, 2.05) is 56.3 Å². The van der Waals surface area contributed by atoms with Crippen LogP contribution in [0, 0.1) is 13.8 Å². The zero-order valence-corrected chi connectivity index (χ0v) is 15.5. The average Bonchev–Trinajstić information content (AvgIpc) is 3.04. The first-order valence-electron chi connectivity index (χ1n) is 8.28. The number of ether oxygens (including phenoxy) is 1. The lowest BCUT2D eigenvalue weighted by Crippen LogP contribution is -2.22. The minimum absolute atomic E-state index is 0.0679. The molecule has 0 aliphatic carbocycles. The molecule has 5 nitrogen and oxygen atoms in total. The number of carbonyl (C=O) groups is 1. The van der Waals surface area contributed by atoms with Crippen molar-refractivity contribution in [3.8, 4) is 5.75 Å². The number of amides is 1. The number of anilines is 1. The number of nitrogens with zero attached hydrogens (tertiary/aromatic N) is 2. The van der Waals surface area contributed by atoms with Gasteiger partial charge in [-0.3, -0.25) is 4.79 Å². The zero-order valence-electron chi connectivity index (χ0n) is 14.7. The van der Waals surface area contributed by atoms with Crippen molar-refractivity contribution in [1.29, 1.82) is 0 Å². The van der Waals surface area contributed by atoms with E-state index in [1.165, 1.54) is 0 Å². The Labute approximate surface area is 157 Å². The van der Waals surface area contributed by atoms with E-state index in [9.17, 15) is 4.79 Å². The van der Waals surface area contributed by atoms with Gasteiger partial charge < -0.3 is 10.1 Å². The molecule has 1 N–H and O–H groups in total. The molecule has 26 heavy (non-hydrogen) atoms. The Balaban J connectivity index is 1.63. The smallest absolute Gasteiger partial charge is 0.263 e. The van der Waals surface area contributed by atoms with Crippen molar-refractivity contribution in [1.82, 2.24) is 9.78 Å². The SMILES string of the molecule is Cc1ccc(C)c(OCC(=O)Nc2ccnn2Cc2ccccc2Cl)c1. The zero-order chi connectivity index (χ0) is 18.5. The Hall–Kier alpha value is -2.79. The molecule has 0 saturated heterocycles. The number of nitrogens with one attached hydrogen (secondary N) is 1. The van der Waals surface area contributed by atoms with Crippen molar-refractivity contribution in [3.63, 3.8) is 0 Å². The molecule has 1 amide bonds. The van der Waals surface area contributed by atoms with Crippen LogP contribution in [0.2, 0.25) is 5.02 Å². The fourth-order valence-electron chi connectivity index (χ4n) is 2.54. The van der Waals surface area contributed by atoms with Crippen molar-refractivity contribution in [2.45, 2.75) is 20.4 Å².